The van der Waals surface area contributed by atoms with Gasteiger partial charge in [0.25, 0.3) is 0 Å². The van der Waals surface area contributed by atoms with Gasteiger partial charge >= 0.3 is 5.22 Å². The number of pyridine rings is 1. The van der Waals surface area contributed by atoms with Gasteiger partial charge in [0.05, 0.1) is 30.9 Å². The zero-order valence-corrected chi connectivity index (χ0v) is 21.0. The summed E-state index contributed by atoms with van der Waals surface area (Å²) in [6.07, 6.45) is 3.64. The largest absolute Gasteiger partial charge is 0.492 e. The number of halogens is 1. The Kier molecular flexibility index (Phi) is 11.3. The molecule has 2 aromatic heterocycles. The smallest absolute Gasteiger partial charge is 0.308 e. The Hall–Kier alpha value is -3.31. The SMILES string of the molecule is [N-]=[N+]=NCCOCCCC(=O)CCCOc1ccc(CS(=O)c2nnc(-c3ccc(Cl)cc3)o2)nc1. The molecule has 1 atom stereocenters. The van der Waals surface area contributed by atoms with E-state index in [-0.39, 0.29) is 22.6 Å². The predicted octanol–water partition coefficient (Wildman–Crippen LogP) is 4.93. The molecule has 3 rings (SSSR count). The van der Waals surface area contributed by atoms with E-state index in [2.05, 4.69) is 25.2 Å². The van der Waals surface area contributed by atoms with Crippen LogP contribution in [0.25, 0.3) is 21.9 Å². The Labute approximate surface area is 215 Å². The van der Waals surface area contributed by atoms with Crippen LogP contribution in [-0.4, -0.2) is 51.5 Å². The van der Waals surface area contributed by atoms with Gasteiger partial charge in [0.1, 0.15) is 22.3 Å². The van der Waals surface area contributed by atoms with Gasteiger partial charge in [-0.15, -0.1) is 5.10 Å². The molecule has 1 unspecified atom stereocenters. The van der Waals surface area contributed by atoms with Gasteiger partial charge in [-0.3, -0.25) is 9.78 Å². The zero-order valence-electron chi connectivity index (χ0n) is 19.4. The fraction of sp³-hybridized carbons (Fsp3) is 0.391. The summed E-state index contributed by atoms with van der Waals surface area (Å²) in [6, 6.07) is 10.4. The molecule has 0 aliphatic rings. The van der Waals surface area contributed by atoms with Crippen LogP contribution in [0.2, 0.25) is 5.02 Å². The lowest BCUT2D eigenvalue weighted by molar-refractivity contribution is -0.119. The number of Topliss-reactive ketones (excluding diaryl/α,β-unsaturated/α-hetero) is 1. The number of rotatable bonds is 16. The first-order chi connectivity index (χ1) is 17.5. The van der Waals surface area contributed by atoms with Crippen molar-refractivity contribution in [1.29, 1.82) is 0 Å². The molecular weight excluding hydrogens is 508 g/mol. The van der Waals surface area contributed by atoms with Gasteiger partial charge in [0.15, 0.2) is 0 Å². The number of ether oxygens (including phenoxy) is 2. The maximum Gasteiger partial charge on any atom is 0.308 e. The molecule has 36 heavy (non-hydrogen) atoms. The average Bonchev–Trinajstić information content (AvgIpc) is 3.38. The Bertz CT molecular complexity index is 1180. The lowest BCUT2D eigenvalue weighted by Gasteiger charge is -2.06. The van der Waals surface area contributed by atoms with Crippen molar-refractivity contribution < 1.29 is 22.9 Å². The van der Waals surface area contributed by atoms with Gasteiger partial charge in [-0.2, -0.15) is 0 Å². The highest BCUT2D eigenvalue weighted by atomic mass is 35.5. The highest BCUT2D eigenvalue weighted by Gasteiger charge is 2.16. The summed E-state index contributed by atoms with van der Waals surface area (Å²) < 4.78 is 29.0. The minimum Gasteiger partial charge on any atom is -0.492 e. The summed E-state index contributed by atoms with van der Waals surface area (Å²) >= 11 is 5.88. The van der Waals surface area contributed by atoms with E-state index in [1.165, 1.54) is 0 Å². The van der Waals surface area contributed by atoms with Crippen LogP contribution in [0.4, 0.5) is 0 Å². The summed E-state index contributed by atoms with van der Waals surface area (Å²) in [5, 5.41) is 11.8. The van der Waals surface area contributed by atoms with Gasteiger partial charge < -0.3 is 13.9 Å². The van der Waals surface area contributed by atoms with E-state index >= 15 is 0 Å². The lowest BCUT2D eigenvalue weighted by Crippen LogP contribution is -2.06. The first-order valence-electron chi connectivity index (χ1n) is 11.2. The molecule has 0 saturated heterocycles. The predicted molar refractivity (Wildman–Crippen MR) is 133 cm³/mol. The van der Waals surface area contributed by atoms with Crippen molar-refractivity contribution in [2.24, 2.45) is 5.11 Å². The van der Waals surface area contributed by atoms with Crippen molar-refractivity contribution in [1.82, 2.24) is 15.2 Å². The molecule has 0 N–H and O–H groups in total. The van der Waals surface area contributed by atoms with Crippen molar-refractivity contribution >= 4 is 28.2 Å². The van der Waals surface area contributed by atoms with Crippen molar-refractivity contribution in [2.45, 2.75) is 36.7 Å². The van der Waals surface area contributed by atoms with Gasteiger partial charge in [0.2, 0.25) is 5.89 Å². The number of benzene rings is 1. The molecule has 0 fully saturated rings. The summed E-state index contributed by atoms with van der Waals surface area (Å²) in [7, 11) is -1.55. The monoisotopic (exact) mass is 532 g/mol. The Morgan fingerprint density at radius 1 is 1.08 bits per heavy atom. The molecule has 0 spiro atoms. The highest BCUT2D eigenvalue weighted by Crippen LogP contribution is 2.22. The van der Waals surface area contributed by atoms with Gasteiger partial charge in [0, 0.05) is 41.5 Å². The number of hydrogen-bond acceptors (Lipinski definition) is 9. The van der Waals surface area contributed by atoms with Crippen molar-refractivity contribution in [3.05, 3.63) is 63.8 Å². The summed E-state index contributed by atoms with van der Waals surface area (Å²) in [5.74, 6) is 1.09. The number of hydrogen-bond donors (Lipinski definition) is 0. The normalized spacial score (nSPS) is 11.6. The molecule has 0 amide bonds. The van der Waals surface area contributed by atoms with Crippen LogP contribution >= 0.6 is 11.6 Å². The quantitative estimate of drug-likeness (QED) is 0.109. The molecule has 0 aliphatic heterocycles. The molecule has 2 heterocycles. The number of carbonyl (C=O) groups is 1. The van der Waals surface area contributed by atoms with Gasteiger partial charge in [-0.1, -0.05) is 21.8 Å². The van der Waals surface area contributed by atoms with Crippen LogP contribution in [0.1, 0.15) is 31.4 Å². The molecule has 11 nitrogen and oxygen atoms in total. The second kappa shape index (κ2) is 14.9. The third-order valence-corrected chi connectivity index (χ3v) is 6.15. The molecule has 1 aromatic carbocycles. The number of aromatic nitrogens is 3. The Balaban J connectivity index is 1.33. The molecule has 13 heteroatoms. The number of carbonyl (C=O) groups excluding carboxylic acids is 1. The fourth-order valence-corrected chi connectivity index (χ4v) is 3.99. The van der Waals surface area contributed by atoms with Crippen molar-refractivity contribution in [3.63, 3.8) is 0 Å². The van der Waals surface area contributed by atoms with Crippen LogP contribution < -0.4 is 4.74 Å². The van der Waals surface area contributed by atoms with Crippen LogP contribution in [-0.2, 0) is 26.1 Å². The number of ketones is 1. The lowest BCUT2D eigenvalue weighted by atomic mass is 10.1. The Morgan fingerprint density at radius 3 is 2.58 bits per heavy atom. The number of nitrogens with zero attached hydrogens (tertiary/aromatic N) is 6. The maximum atomic E-state index is 12.6. The van der Waals surface area contributed by atoms with Gasteiger partial charge in [-0.25, -0.2) is 4.21 Å². The minimum absolute atomic E-state index is 0.0199. The Morgan fingerprint density at radius 2 is 1.86 bits per heavy atom. The standard InChI is InChI=1S/C23H25ClN6O5S/c24-18-7-5-17(6-8-18)22-28-29-23(35-22)36(32)16-19-9-10-21(15-26-19)34-13-2-4-20(31)3-1-12-33-14-11-27-30-25/h5-10,15H,1-4,11-14,16H2. The van der Waals surface area contributed by atoms with E-state index in [9.17, 15) is 9.00 Å². The average molecular weight is 533 g/mol. The number of azide groups is 1. The summed E-state index contributed by atoms with van der Waals surface area (Å²) in [6.45, 7) is 1.50. The van der Waals surface area contributed by atoms with E-state index in [0.29, 0.717) is 74.1 Å². The van der Waals surface area contributed by atoms with E-state index in [1.807, 2.05) is 0 Å². The van der Waals surface area contributed by atoms with E-state index < -0.39 is 10.8 Å². The second-order valence-corrected chi connectivity index (χ2v) is 9.28. The van der Waals surface area contributed by atoms with Gasteiger partial charge in [-0.05, 0) is 54.8 Å². The minimum atomic E-state index is -1.55. The fourth-order valence-electron chi connectivity index (χ4n) is 3.00. The van der Waals surface area contributed by atoms with Crippen LogP contribution in [0.5, 0.6) is 5.75 Å². The molecule has 0 saturated carbocycles. The molecule has 0 bridgehead atoms. The van der Waals surface area contributed by atoms with E-state index in [4.69, 9.17) is 31.0 Å². The summed E-state index contributed by atoms with van der Waals surface area (Å²) in [4.78, 5) is 18.8. The first kappa shape index (κ1) is 27.3. The van der Waals surface area contributed by atoms with Crippen molar-refractivity contribution in [2.75, 3.05) is 26.4 Å². The third kappa shape index (κ3) is 9.38. The topological polar surface area (TPSA) is 153 Å². The van der Waals surface area contributed by atoms with Crippen LogP contribution in [0.3, 0.4) is 0 Å². The molecule has 3 aromatic rings. The second-order valence-electron chi connectivity index (χ2n) is 7.52. The van der Waals surface area contributed by atoms with E-state index in [0.717, 1.165) is 0 Å². The van der Waals surface area contributed by atoms with Crippen molar-refractivity contribution in [3.8, 4) is 17.2 Å². The molecule has 0 aliphatic carbocycles. The van der Waals surface area contributed by atoms with Crippen LogP contribution in [0, 0.1) is 0 Å². The highest BCUT2D eigenvalue weighted by molar-refractivity contribution is 7.83. The van der Waals surface area contributed by atoms with Crippen LogP contribution in [0.15, 0.2) is 57.3 Å². The third-order valence-electron chi connectivity index (χ3n) is 4.78. The maximum absolute atomic E-state index is 12.6. The zero-order chi connectivity index (χ0) is 25.6. The summed E-state index contributed by atoms with van der Waals surface area (Å²) in [5.41, 5.74) is 9.43. The molecule has 190 valence electrons. The first-order valence-corrected chi connectivity index (χ1v) is 12.9. The molecular formula is C23H25ClN6O5S. The van der Waals surface area contributed by atoms with E-state index in [1.54, 1.807) is 42.6 Å². The molecule has 0 radical (unpaired) electrons.